The molecule has 0 aliphatic carbocycles. The van der Waals surface area contributed by atoms with Gasteiger partial charge in [-0.25, -0.2) is 4.79 Å². The molecule has 0 amide bonds. The fourth-order valence-corrected chi connectivity index (χ4v) is 9.34. The van der Waals surface area contributed by atoms with Crippen LogP contribution in [0.1, 0.15) is 145 Å². The number of cyclic esters (lactones) is 1. The number of carbonyl (C=O) groups is 3. The number of aliphatic carboxylic acids is 1. The molecule has 0 saturated carbocycles. The molecule has 15 N–H and O–H groups in total. The van der Waals surface area contributed by atoms with E-state index in [4.69, 9.17) is 25.7 Å². The Balaban J connectivity index is 2.45. The summed E-state index contributed by atoms with van der Waals surface area (Å²) in [5.74, 6) is -7.78. The molecule has 0 aromatic heterocycles. The molecule has 75 heavy (non-hydrogen) atoms. The summed E-state index contributed by atoms with van der Waals surface area (Å²) in [4.78, 5) is 41.5. The van der Waals surface area contributed by atoms with Crippen LogP contribution in [0.25, 0.3) is 0 Å². The smallest absolute Gasteiger partial charge is 0.334 e. The SMILES string of the molecule is C/C1=C\C=C\C(C)C(O)CC(O)C(C)C(O)CCC(C)C(O)CC2(O)OC(CC(OC(=O)CC(=O)O)CC(O)CC(O)CC(O)/C(C)=C/C=C/C(C)C(C(C)CCC/C=C/CCCN=C(N)N)OC1=O)CC(O)C2O. The van der Waals surface area contributed by atoms with Gasteiger partial charge >= 0.3 is 17.9 Å². The lowest BCUT2D eigenvalue weighted by atomic mass is 9.84. The van der Waals surface area contributed by atoms with Gasteiger partial charge in [0.2, 0.25) is 0 Å². The molecule has 20 heteroatoms. The van der Waals surface area contributed by atoms with E-state index in [0.29, 0.717) is 17.7 Å². The summed E-state index contributed by atoms with van der Waals surface area (Å²) in [6.45, 7) is 12.8. The van der Waals surface area contributed by atoms with Gasteiger partial charge in [-0.3, -0.25) is 14.6 Å². The molecule has 2 aliphatic rings. The third-order valence-electron chi connectivity index (χ3n) is 14.5. The largest absolute Gasteiger partial charge is 0.481 e. The highest BCUT2D eigenvalue weighted by atomic mass is 16.7. The van der Waals surface area contributed by atoms with Crippen molar-refractivity contribution in [1.82, 2.24) is 0 Å². The Kier molecular flexibility index (Phi) is 30.4. The number of carboxylic acids is 1. The van der Waals surface area contributed by atoms with Crippen molar-refractivity contribution < 1.29 is 84.8 Å². The molecule has 18 unspecified atom stereocenters. The van der Waals surface area contributed by atoms with E-state index in [-0.39, 0.29) is 69.2 Å². The van der Waals surface area contributed by atoms with Crippen LogP contribution in [0.2, 0.25) is 0 Å². The zero-order valence-corrected chi connectivity index (χ0v) is 45.2. The zero-order chi connectivity index (χ0) is 56.6. The van der Waals surface area contributed by atoms with Crippen molar-refractivity contribution in [2.75, 3.05) is 6.54 Å². The first-order valence-corrected chi connectivity index (χ1v) is 26.7. The van der Waals surface area contributed by atoms with Gasteiger partial charge in [0.05, 0.1) is 54.9 Å². The molecule has 2 rings (SSSR count). The Morgan fingerprint density at radius 2 is 1.41 bits per heavy atom. The highest BCUT2D eigenvalue weighted by Crippen LogP contribution is 2.36. The quantitative estimate of drug-likeness (QED) is 0.0333. The number of hydrogen-bond donors (Lipinski definition) is 13. The van der Waals surface area contributed by atoms with Gasteiger partial charge in [-0.1, -0.05) is 83.2 Å². The van der Waals surface area contributed by atoms with Crippen molar-refractivity contribution in [1.29, 1.82) is 0 Å². The predicted octanol–water partition coefficient (Wildman–Crippen LogP) is 3.11. The van der Waals surface area contributed by atoms with E-state index in [1.54, 1.807) is 65.0 Å². The van der Waals surface area contributed by atoms with Crippen molar-refractivity contribution in [2.24, 2.45) is 46.0 Å². The number of nitrogens with zero attached hydrogens (tertiary/aromatic N) is 1. The number of ether oxygens (including phenoxy) is 3. The van der Waals surface area contributed by atoms with Gasteiger partial charge in [-0.05, 0) is 82.6 Å². The molecule has 0 spiro atoms. The van der Waals surface area contributed by atoms with Crippen molar-refractivity contribution in [3.8, 4) is 0 Å². The van der Waals surface area contributed by atoms with Crippen molar-refractivity contribution in [3.05, 3.63) is 59.8 Å². The van der Waals surface area contributed by atoms with Crippen LogP contribution in [-0.4, -0.2) is 166 Å². The topological polar surface area (TPSA) is 366 Å². The lowest BCUT2D eigenvalue weighted by Crippen LogP contribution is -2.60. The number of nitrogens with two attached hydrogens (primary N) is 2. The number of fused-ring (bicyclic) bond motifs is 2. The van der Waals surface area contributed by atoms with E-state index in [2.05, 4.69) is 17.1 Å². The van der Waals surface area contributed by atoms with Crippen LogP contribution in [0.5, 0.6) is 0 Å². The number of carboxylic acid groups (broad SMARTS) is 1. The number of unbranched alkanes of at least 4 members (excludes halogenated alkanes) is 2. The molecule has 2 bridgehead atoms. The number of aliphatic hydroxyl groups excluding tert-OH is 9. The molecular weight excluding hydrogens is 975 g/mol. The van der Waals surface area contributed by atoms with Gasteiger partial charge in [0.25, 0.3) is 0 Å². The summed E-state index contributed by atoms with van der Waals surface area (Å²) in [7, 11) is 0. The monoisotopic (exact) mass is 1070 g/mol. The third kappa shape index (κ3) is 25.3. The molecule has 1 fully saturated rings. The maximum atomic E-state index is 13.6. The maximum Gasteiger partial charge on any atom is 0.334 e. The number of carbonyl (C=O) groups excluding carboxylic acids is 2. The Labute approximate surface area is 443 Å². The summed E-state index contributed by atoms with van der Waals surface area (Å²) >= 11 is 0. The van der Waals surface area contributed by atoms with Crippen LogP contribution < -0.4 is 11.5 Å². The minimum atomic E-state index is -2.52. The number of allylic oxidation sites excluding steroid dienone is 6. The highest BCUT2D eigenvalue weighted by molar-refractivity contribution is 5.90. The van der Waals surface area contributed by atoms with E-state index in [9.17, 15) is 70.6 Å². The van der Waals surface area contributed by atoms with Crippen LogP contribution in [0.15, 0.2) is 64.7 Å². The van der Waals surface area contributed by atoms with Crippen molar-refractivity contribution in [3.63, 3.8) is 0 Å². The van der Waals surface area contributed by atoms with Gasteiger partial charge in [-0.15, -0.1) is 0 Å². The lowest BCUT2D eigenvalue weighted by molar-refractivity contribution is -0.333. The van der Waals surface area contributed by atoms with Crippen LogP contribution in [0, 0.1) is 29.6 Å². The number of rotatable bonds is 12. The molecule has 20 nitrogen and oxygen atoms in total. The average molecular weight is 1070 g/mol. The standard InChI is InChI=1S/C55H93N3O17/c1-32-17-14-19-36(5)51(35(4)16-12-10-8-9-11-13-23-58-54(56)57)74-53(71)37(6)20-15-18-33(2)45(63)29-46(64)38(7)43(61)22-21-34(3)48(66)31-55(72)52(70)47(65)28-42(75-55)27-41(73-50(69)30-49(67)68)25-39(59)24-40(60)26-44(32)62/h8-9,14-15,17-20,33-36,38-48,51-52,59-66,70,72H,10-13,16,21-31H2,1-7H3,(H,67,68)(H4,56,57,58)/b9-8+,18-15+,19-14+,32-17+,37-20+. The molecule has 0 radical (unpaired) electrons. The van der Waals surface area contributed by atoms with Crippen LogP contribution in [0.4, 0.5) is 0 Å². The summed E-state index contributed by atoms with van der Waals surface area (Å²) in [6.07, 6.45) is 0.718. The second-order valence-corrected chi connectivity index (χ2v) is 21.4. The second kappa shape index (κ2) is 34.0. The minimum Gasteiger partial charge on any atom is -0.481 e. The van der Waals surface area contributed by atoms with E-state index < -0.39 is 128 Å². The molecule has 2 aliphatic heterocycles. The Morgan fingerprint density at radius 3 is 2.07 bits per heavy atom. The Bertz CT molecular complexity index is 1910. The maximum absolute atomic E-state index is 13.6. The summed E-state index contributed by atoms with van der Waals surface area (Å²) < 4.78 is 17.5. The van der Waals surface area contributed by atoms with E-state index in [1.807, 2.05) is 19.9 Å². The first-order chi connectivity index (χ1) is 35.1. The molecule has 430 valence electrons. The van der Waals surface area contributed by atoms with Crippen molar-refractivity contribution >= 4 is 23.9 Å². The first kappa shape index (κ1) is 67.1. The van der Waals surface area contributed by atoms with E-state index >= 15 is 0 Å². The van der Waals surface area contributed by atoms with Gasteiger partial charge in [0.15, 0.2) is 11.7 Å². The van der Waals surface area contributed by atoms with Gasteiger partial charge in [0, 0.05) is 68.4 Å². The van der Waals surface area contributed by atoms with Crippen LogP contribution in [-0.2, 0) is 28.6 Å². The second-order valence-electron chi connectivity index (χ2n) is 21.4. The molecule has 0 aromatic rings. The average Bonchev–Trinajstić information content (AvgIpc) is 3.31. The van der Waals surface area contributed by atoms with Gasteiger partial charge < -0.3 is 81.8 Å². The number of hydrogen-bond acceptors (Lipinski definition) is 17. The third-order valence-corrected chi connectivity index (χ3v) is 14.5. The normalized spacial score (nSPS) is 38.0. The number of aliphatic hydroxyl groups is 10. The number of aliphatic imine (C=N–C) groups is 1. The predicted molar refractivity (Wildman–Crippen MR) is 282 cm³/mol. The van der Waals surface area contributed by atoms with Crippen LogP contribution >= 0.6 is 0 Å². The lowest BCUT2D eigenvalue weighted by Gasteiger charge is -2.45. The zero-order valence-electron chi connectivity index (χ0n) is 45.2. The van der Waals surface area contributed by atoms with Crippen molar-refractivity contribution in [2.45, 2.75) is 224 Å². The molecule has 1 saturated heterocycles. The fraction of sp³-hybridized carbons (Fsp3) is 0.745. The Morgan fingerprint density at radius 1 is 0.787 bits per heavy atom. The first-order valence-electron chi connectivity index (χ1n) is 26.7. The Hall–Kier alpha value is -4.06. The molecule has 0 aromatic carbocycles. The van der Waals surface area contributed by atoms with E-state index in [1.165, 1.54) is 0 Å². The minimum absolute atomic E-state index is 0.0618. The highest BCUT2D eigenvalue weighted by Gasteiger charge is 2.50. The molecular formula is C55H93N3O17. The fourth-order valence-electron chi connectivity index (χ4n) is 9.34. The summed E-state index contributed by atoms with van der Waals surface area (Å²) in [6, 6.07) is 0. The van der Waals surface area contributed by atoms with Gasteiger partial charge in [-0.2, -0.15) is 0 Å². The summed E-state index contributed by atoms with van der Waals surface area (Å²) in [5, 5.41) is 120. The van der Waals surface area contributed by atoms with Gasteiger partial charge in [0.1, 0.15) is 24.7 Å². The number of guanidine groups is 1. The van der Waals surface area contributed by atoms with Crippen LogP contribution in [0.3, 0.4) is 0 Å². The molecule has 18 atom stereocenters. The molecule has 2 heterocycles. The van der Waals surface area contributed by atoms with E-state index in [0.717, 1.165) is 32.1 Å². The summed E-state index contributed by atoms with van der Waals surface area (Å²) in [5.41, 5.74) is 11.6. The number of esters is 2.